The van der Waals surface area contributed by atoms with Gasteiger partial charge in [-0.15, -0.1) is 0 Å². The fraction of sp³-hybridized carbons (Fsp3) is 0.727. The van der Waals surface area contributed by atoms with Crippen LogP contribution < -0.4 is 0 Å². The second-order valence-corrected chi connectivity index (χ2v) is 4.52. The molecule has 5 nitrogen and oxygen atoms in total. The summed E-state index contributed by atoms with van der Waals surface area (Å²) < 4.78 is 15.4. The second kappa shape index (κ2) is 3.46. The monoisotopic (exact) mass is 226 g/mol. The molecule has 88 valence electrons. The van der Waals surface area contributed by atoms with E-state index in [0.717, 1.165) is 12.8 Å². The minimum Gasteiger partial charge on any atom is -0.472 e. The van der Waals surface area contributed by atoms with E-state index in [2.05, 4.69) is 0 Å². The van der Waals surface area contributed by atoms with Crippen LogP contribution in [0.2, 0.25) is 0 Å². The standard InChI is InChI=1S/C11H14O5/c1-14-9(12)7-4-15-11-8-5(7)2-3-6(8)10(13)16-11/h4-6,8,10-11,13H,2-3H2,1H3. The quantitative estimate of drug-likeness (QED) is 0.655. The Morgan fingerprint density at radius 3 is 3.12 bits per heavy atom. The molecule has 0 bridgehead atoms. The Bertz CT molecular complexity index is 350. The van der Waals surface area contributed by atoms with Crippen LogP contribution in [0.1, 0.15) is 12.8 Å². The molecule has 2 aliphatic heterocycles. The van der Waals surface area contributed by atoms with Crippen LogP contribution in [0.4, 0.5) is 0 Å². The molecule has 2 heterocycles. The van der Waals surface area contributed by atoms with E-state index in [1.165, 1.54) is 13.4 Å². The van der Waals surface area contributed by atoms with E-state index in [0.29, 0.717) is 5.57 Å². The van der Waals surface area contributed by atoms with Crippen molar-refractivity contribution in [1.82, 2.24) is 0 Å². The van der Waals surface area contributed by atoms with E-state index in [1.807, 2.05) is 0 Å². The maximum atomic E-state index is 11.6. The molecule has 1 saturated heterocycles. The topological polar surface area (TPSA) is 65.0 Å². The molecule has 5 heteroatoms. The average Bonchev–Trinajstić information content (AvgIpc) is 2.85. The first-order valence-electron chi connectivity index (χ1n) is 5.49. The molecule has 0 aromatic rings. The summed E-state index contributed by atoms with van der Waals surface area (Å²) >= 11 is 0. The highest BCUT2D eigenvalue weighted by Crippen LogP contribution is 2.52. The summed E-state index contributed by atoms with van der Waals surface area (Å²) in [5.74, 6) is -0.0590. The van der Waals surface area contributed by atoms with Crippen molar-refractivity contribution in [2.45, 2.75) is 25.4 Å². The number of aliphatic hydroxyl groups is 1. The number of carbonyl (C=O) groups excluding carboxylic acids is 1. The van der Waals surface area contributed by atoms with Gasteiger partial charge < -0.3 is 19.3 Å². The highest BCUT2D eigenvalue weighted by Gasteiger charge is 2.56. The van der Waals surface area contributed by atoms with Gasteiger partial charge in [0.15, 0.2) is 6.29 Å². The lowest BCUT2D eigenvalue weighted by atomic mass is 9.84. The molecule has 1 N–H and O–H groups in total. The third kappa shape index (κ3) is 1.21. The van der Waals surface area contributed by atoms with Crippen LogP contribution in [0.5, 0.6) is 0 Å². The number of ether oxygens (including phenoxy) is 3. The minimum absolute atomic E-state index is 0.0864. The van der Waals surface area contributed by atoms with Crippen molar-refractivity contribution in [1.29, 1.82) is 0 Å². The van der Waals surface area contributed by atoms with Gasteiger partial charge in [-0.2, -0.15) is 0 Å². The van der Waals surface area contributed by atoms with E-state index >= 15 is 0 Å². The smallest absolute Gasteiger partial charge is 0.337 e. The first kappa shape index (κ1) is 10.1. The Kier molecular flexibility index (Phi) is 2.19. The fourth-order valence-corrected chi connectivity index (χ4v) is 3.14. The van der Waals surface area contributed by atoms with Crippen LogP contribution >= 0.6 is 0 Å². The molecule has 5 unspecified atom stereocenters. The zero-order valence-electron chi connectivity index (χ0n) is 8.96. The fourth-order valence-electron chi connectivity index (χ4n) is 3.14. The molecule has 2 fully saturated rings. The lowest BCUT2D eigenvalue weighted by Gasteiger charge is -2.28. The van der Waals surface area contributed by atoms with E-state index in [1.54, 1.807) is 0 Å². The summed E-state index contributed by atoms with van der Waals surface area (Å²) in [5, 5.41) is 9.69. The van der Waals surface area contributed by atoms with Crippen LogP contribution in [0.3, 0.4) is 0 Å². The van der Waals surface area contributed by atoms with Crippen LogP contribution in [0, 0.1) is 17.8 Å². The first-order valence-corrected chi connectivity index (χ1v) is 5.49. The largest absolute Gasteiger partial charge is 0.472 e. The van der Waals surface area contributed by atoms with Crippen molar-refractivity contribution in [3.8, 4) is 0 Å². The maximum Gasteiger partial charge on any atom is 0.337 e. The van der Waals surface area contributed by atoms with Crippen LogP contribution in [0.25, 0.3) is 0 Å². The molecule has 0 radical (unpaired) electrons. The number of hydrogen-bond donors (Lipinski definition) is 1. The number of methoxy groups -OCH3 is 1. The zero-order valence-corrected chi connectivity index (χ0v) is 8.96. The molecular formula is C11H14O5. The highest BCUT2D eigenvalue weighted by atomic mass is 16.7. The van der Waals surface area contributed by atoms with Crippen molar-refractivity contribution in [3.63, 3.8) is 0 Å². The van der Waals surface area contributed by atoms with Gasteiger partial charge >= 0.3 is 5.97 Å². The van der Waals surface area contributed by atoms with Gasteiger partial charge in [0.05, 0.1) is 18.9 Å². The first-order chi connectivity index (χ1) is 7.72. The van der Waals surface area contributed by atoms with E-state index < -0.39 is 12.6 Å². The number of esters is 1. The van der Waals surface area contributed by atoms with Crippen LogP contribution in [-0.4, -0.2) is 30.8 Å². The van der Waals surface area contributed by atoms with Gasteiger partial charge in [0.25, 0.3) is 0 Å². The number of rotatable bonds is 1. The number of carbonyl (C=O) groups is 1. The average molecular weight is 226 g/mol. The Balaban J connectivity index is 1.90. The molecule has 0 aromatic carbocycles. The number of hydrogen-bond acceptors (Lipinski definition) is 5. The van der Waals surface area contributed by atoms with Gasteiger partial charge in [0.2, 0.25) is 6.29 Å². The number of aliphatic hydroxyl groups excluding tert-OH is 1. The van der Waals surface area contributed by atoms with Gasteiger partial charge in [-0.25, -0.2) is 4.79 Å². The van der Waals surface area contributed by atoms with Crippen molar-refractivity contribution in [2.24, 2.45) is 17.8 Å². The molecule has 0 aromatic heterocycles. The van der Waals surface area contributed by atoms with Gasteiger partial charge in [-0.05, 0) is 12.8 Å². The van der Waals surface area contributed by atoms with E-state index in [-0.39, 0.29) is 23.7 Å². The predicted octanol–water partition coefficient (Wildman–Crippen LogP) is 0.391. The zero-order chi connectivity index (χ0) is 11.3. The van der Waals surface area contributed by atoms with Crippen molar-refractivity contribution in [2.75, 3.05) is 7.11 Å². The highest BCUT2D eigenvalue weighted by molar-refractivity contribution is 5.89. The molecule has 3 rings (SSSR count). The molecule has 1 aliphatic carbocycles. The van der Waals surface area contributed by atoms with E-state index in [9.17, 15) is 9.90 Å². The SMILES string of the molecule is COC(=O)C1=COC2OC(O)C3CCC1C23. The second-order valence-electron chi connectivity index (χ2n) is 4.52. The van der Waals surface area contributed by atoms with Crippen LogP contribution in [0.15, 0.2) is 11.8 Å². The van der Waals surface area contributed by atoms with Crippen LogP contribution in [-0.2, 0) is 19.0 Å². The maximum absolute atomic E-state index is 11.6. The molecule has 5 atom stereocenters. The molecule has 16 heavy (non-hydrogen) atoms. The molecule has 3 aliphatic rings. The summed E-state index contributed by atoms with van der Waals surface area (Å²) in [6.07, 6.45) is 2.02. The van der Waals surface area contributed by atoms with Gasteiger partial charge in [-0.3, -0.25) is 0 Å². The minimum atomic E-state index is -0.759. The van der Waals surface area contributed by atoms with Gasteiger partial charge in [0, 0.05) is 17.8 Å². The van der Waals surface area contributed by atoms with Gasteiger partial charge in [-0.1, -0.05) is 0 Å². The molecule has 1 saturated carbocycles. The van der Waals surface area contributed by atoms with Crippen molar-refractivity contribution < 1.29 is 24.1 Å². The summed E-state index contributed by atoms with van der Waals surface area (Å²) in [4.78, 5) is 11.6. The third-order valence-electron chi connectivity index (χ3n) is 3.87. The predicted molar refractivity (Wildman–Crippen MR) is 51.8 cm³/mol. The molecular weight excluding hydrogens is 212 g/mol. The summed E-state index contributed by atoms with van der Waals surface area (Å²) in [5.41, 5.74) is 0.573. The molecule has 0 amide bonds. The van der Waals surface area contributed by atoms with E-state index in [4.69, 9.17) is 14.2 Å². The Morgan fingerprint density at radius 1 is 1.56 bits per heavy atom. The van der Waals surface area contributed by atoms with Crippen molar-refractivity contribution in [3.05, 3.63) is 11.8 Å². The van der Waals surface area contributed by atoms with Gasteiger partial charge in [0.1, 0.15) is 0 Å². The Labute approximate surface area is 93.0 Å². The normalized spacial score (nSPS) is 44.6. The summed E-state index contributed by atoms with van der Waals surface area (Å²) in [7, 11) is 1.36. The molecule has 0 spiro atoms. The third-order valence-corrected chi connectivity index (χ3v) is 3.87. The summed E-state index contributed by atoms with van der Waals surface area (Å²) in [6.45, 7) is 0. The summed E-state index contributed by atoms with van der Waals surface area (Å²) in [6, 6.07) is 0. The Morgan fingerprint density at radius 2 is 2.38 bits per heavy atom. The lowest BCUT2D eigenvalue weighted by Crippen LogP contribution is -2.32. The van der Waals surface area contributed by atoms with Crippen molar-refractivity contribution >= 4 is 5.97 Å². The Hall–Kier alpha value is -1.07. The lowest BCUT2D eigenvalue weighted by molar-refractivity contribution is -0.186.